The minimum Gasteiger partial charge on any atom is -0.507 e. The van der Waals surface area contributed by atoms with Crippen LogP contribution in [0.2, 0.25) is 0 Å². The van der Waals surface area contributed by atoms with Gasteiger partial charge in [0.05, 0.1) is 17.2 Å². The van der Waals surface area contributed by atoms with Crippen LogP contribution in [0.15, 0.2) is 47.6 Å². The molecule has 2 aromatic carbocycles. The number of phenolic OH excluding ortho intramolecular Hbond substituents is 1. The van der Waals surface area contributed by atoms with E-state index < -0.39 is 0 Å². The number of thioether (sulfide) groups is 1. The molecule has 0 radical (unpaired) electrons. The molecule has 6 heteroatoms. The molecule has 0 amide bonds. The first-order valence-electron chi connectivity index (χ1n) is 7.00. The van der Waals surface area contributed by atoms with E-state index in [1.807, 2.05) is 31.2 Å². The second kappa shape index (κ2) is 6.55. The van der Waals surface area contributed by atoms with Gasteiger partial charge in [-0.15, -0.1) is 5.10 Å². The fourth-order valence-corrected chi connectivity index (χ4v) is 2.94. The molecule has 0 saturated carbocycles. The van der Waals surface area contributed by atoms with E-state index >= 15 is 0 Å². The molecule has 0 aliphatic heterocycles. The van der Waals surface area contributed by atoms with Gasteiger partial charge >= 0.3 is 0 Å². The van der Waals surface area contributed by atoms with Gasteiger partial charge in [-0.3, -0.25) is 5.10 Å². The number of nitrogens with one attached hydrogen (secondary N) is 1. The Bertz CT molecular complexity index is 882. The Hall–Kier alpha value is -2.78. The number of aromatic amines is 1. The van der Waals surface area contributed by atoms with Crippen LogP contribution in [0.4, 0.5) is 0 Å². The molecule has 0 spiro atoms. The van der Waals surface area contributed by atoms with Crippen molar-refractivity contribution in [2.45, 2.75) is 17.8 Å². The van der Waals surface area contributed by atoms with Crippen LogP contribution < -0.4 is 0 Å². The summed E-state index contributed by atoms with van der Waals surface area (Å²) in [5.74, 6) is 1.43. The Kier molecular flexibility index (Phi) is 4.31. The molecule has 0 unspecified atom stereocenters. The molecule has 0 atom stereocenters. The first kappa shape index (κ1) is 15.1. The average Bonchev–Trinajstić information content (AvgIpc) is 3.02. The highest BCUT2D eigenvalue weighted by molar-refractivity contribution is 7.98. The number of rotatable bonds is 4. The number of aryl methyl sites for hydroxylation is 1. The summed E-state index contributed by atoms with van der Waals surface area (Å²) in [7, 11) is 0. The number of hydrogen-bond acceptors (Lipinski definition) is 5. The first-order chi connectivity index (χ1) is 11.2. The Morgan fingerprint density at radius 2 is 2.09 bits per heavy atom. The summed E-state index contributed by atoms with van der Waals surface area (Å²) in [4.78, 5) is 4.40. The van der Waals surface area contributed by atoms with Crippen molar-refractivity contribution in [3.63, 3.8) is 0 Å². The third-order valence-electron chi connectivity index (χ3n) is 3.40. The molecule has 5 nitrogen and oxygen atoms in total. The maximum atomic E-state index is 9.84. The molecule has 0 saturated heterocycles. The minimum absolute atomic E-state index is 0.169. The zero-order valence-electron chi connectivity index (χ0n) is 12.4. The number of nitriles is 1. The quantitative estimate of drug-likeness (QED) is 0.716. The van der Waals surface area contributed by atoms with Crippen molar-refractivity contribution in [3.05, 3.63) is 59.2 Å². The van der Waals surface area contributed by atoms with Crippen LogP contribution in [0, 0.1) is 18.3 Å². The molecule has 23 heavy (non-hydrogen) atoms. The summed E-state index contributed by atoms with van der Waals surface area (Å²) in [6.07, 6.45) is 0. The van der Waals surface area contributed by atoms with Gasteiger partial charge in [-0.25, -0.2) is 4.98 Å². The number of aromatic nitrogens is 3. The molecule has 1 heterocycles. The molecule has 2 N–H and O–H groups in total. The van der Waals surface area contributed by atoms with Crippen molar-refractivity contribution >= 4 is 11.8 Å². The maximum Gasteiger partial charge on any atom is 0.209 e. The van der Waals surface area contributed by atoms with Crippen LogP contribution in [-0.4, -0.2) is 20.3 Å². The van der Waals surface area contributed by atoms with Crippen LogP contribution in [0.5, 0.6) is 5.75 Å². The number of nitrogens with zero attached hydrogens (tertiary/aromatic N) is 3. The van der Waals surface area contributed by atoms with Crippen LogP contribution in [0.25, 0.3) is 11.4 Å². The third kappa shape index (κ3) is 3.35. The van der Waals surface area contributed by atoms with Gasteiger partial charge in [-0.05, 0) is 36.2 Å². The van der Waals surface area contributed by atoms with Gasteiger partial charge in [-0.2, -0.15) is 5.26 Å². The highest BCUT2D eigenvalue weighted by Gasteiger charge is 2.10. The number of benzene rings is 2. The summed E-state index contributed by atoms with van der Waals surface area (Å²) in [5.41, 5.74) is 3.40. The fourth-order valence-electron chi connectivity index (χ4n) is 2.19. The van der Waals surface area contributed by atoms with E-state index in [0.717, 1.165) is 11.1 Å². The summed E-state index contributed by atoms with van der Waals surface area (Å²) in [6.45, 7) is 1.93. The fraction of sp³-hybridized carbons (Fsp3) is 0.118. The second-order valence-electron chi connectivity index (χ2n) is 5.03. The van der Waals surface area contributed by atoms with Crippen molar-refractivity contribution in [3.8, 4) is 23.2 Å². The van der Waals surface area contributed by atoms with Gasteiger partial charge in [0.25, 0.3) is 0 Å². The molecular formula is C17H14N4OS. The lowest BCUT2D eigenvalue weighted by Crippen LogP contribution is -1.87. The molecule has 0 bridgehead atoms. The van der Waals surface area contributed by atoms with Crippen LogP contribution >= 0.6 is 11.8 Å². The Morgan fingerprint density at radius 1 is 1.26 bits per heavy atom. The van der Waals surface area contributed by atoms with E-state index in [0.29, 0.717) is 27.9 Å². The lowest BCUT2D eigenvalue weighted by atomic mass is 10.1. The predicted octanol–water partition coefficient (Wildman–Crippen LogP) is 3.65. The van der Waals surface area contributed by atoms with Gasteiger partial charge in [-0.1, -0.05) is 36.0 Å². The lowest BCUT2D eigenvalue weighted by molar-refractivity contribution is 0.477. The molecule has 3 aromatic rings. The SMILES string of the molecule is Cc1cc(CSc2n[nH]c(-c3ccccc3O)n2)ccc1C#N. The van der Waals surface area contributed by atoms with E-state index in [1.165, 1.54) is 11.8 Å². The van der Waals surface area contributed by atoms with E-state index in [9.17, 15) is 5.11 Å². The molecule has 0 aliphatic carbocycles. The normalized spacial score (nSPS) is 10.4. The topological polar surface area (TPSA) is 85.6 Å². The molecule has 3 rings (SSSR count). The summed E-state index contributed by atoms with van der Waals surface area (Å²) in [5, 5.41) is 26.4. The van der Waals surface area contributed by atoms with Gasteiger partial charge < -0.3 is 5.11 Å². The van der Waals surface area contributed by atoms with E-state index in [-0.39, 0.29) is 5.75 Å². The Morgan fingerprint density at radius 3 is 2.83 bits per heavy atom. The number of aromatic hydroxyl groups is 1. The number of H-pyrrole nitrogens is 1. The Balaban J connectivity index is 1.72. The monoisotopic (exact) mass is 322 g/mol. The minimum atomic E-state index is 0.169. The number of phenols is 1. The van der Waals surface area contributed by atoms with Crippen molar-refractivity contribution < 1.29 is 5.11 Å². The zero-order chi connectivity index (χ0) is 16.2. The standard InChI is InChI=1S/C17H14N4OS/c1-11-8-12(6-7-13(11)9-18)10-23-17-19-16(20-21-17)14-4-2-3-5-15(14)22/h2-8,22H,10H2,1H3,(H,19,20,21). The van der Waals surface area contributed by atoms with E-state index in [4.69, 9.17) is 5.26 Å². The van der Waals surface area contributed by atoms with Crippen LogP contribution in [0.3, 0.4) is 0 Å². The third-order valence-corrected chi connectivity index (χ3v) is 4.32. The van der Waals surface area contributed by atoms with Gasteiger partial charge in [0.2, 0.25) is 5.16 Å². The molecule has 0 fully saturated rings. The number of para-hydroxylation sites is 1. The maximum absolute atomic E-state index is 9.84. The van der Waals surface area contributed by atoms with Crippen molar-refractivity contribution in [2.24, 2.45) is 0 Å². The van der Waals surface area contributed by atoms with Crippen molar-refractivity contribution in [1.29, 1.82) is 5.26 Å². The highest BCUT2D eigenvalue weighted by atomic mass is 32.2. The second-order valence-corrected chi connectivity index (χ2v) is 5.98. The van der Waals surface area contributed by atoms with E-state index in [1.54, 1.807) is 18.2 Å². The van der Waals surface area contributed by atoms with Gasteiger partial charge in [0.15, 0.2) is 5.82 Å². The van der Waals surface area contributed by atoms with E-state index in [2.05, 4.69) is 21.3 Å². The lowest BCUT2D eigenvalue weighted by Gasteiger charge is -2.02. The Labute approximate surface area is 138 Å². The average molecular weight is 322 g/mol. The molecule has 1 aromatic heterocycles. The van der Waals surface area contributed by atoms with Crippen molar-refractivity contribution in [1.82, 2.24) is 15.2 Å². The van der Waals surface area contributed by atoms with Crippen LogP contribution in [0.1, 0.15) is 16.7 Å². The molecule has 0 aliphatic rings. The largest absolute Gasteiger partial charge is 0.507 e. The highest BCUT2D eigenvalue weighted by Crippen LogP contribution is 2.28. The summed E-state index contributed by atoms with van der Waals surface area (Å²) in [6, 6.07) is 14.9. The summed E-state index contributed by atoms with van der Waals surface area (Å²) < 4.78 is 0. The number of hydrogen-bond donors (Lipinski definition) is 2. The van der Waals surface area contributed by atoms with Gasteiger partial charge in [0, 0.05) is 5.75 Å². The van der Waals surface area contributed by atoms with Gasteiger partial charge in [0.1, 0.15) is 5.75 Å². The smallest absolute Gasteiger partial charge is 0.209 e. The predicted molar refractivity (Wildman–Crippen MR) is 88.9 cm³/mol. The zero-order valence-corrected chi connectivity index (χ0v) is 13.3. The summed E-state index contributed by atoms with van der Waals surface area (Å²) >= 11 is 1.50. The molecular weight excluding hydrogens is 308 g/mol. The first-order valence-corrected chi connectivity index (χ1v) is 7.99. The molecule has 114 valence electrons. The van der Waals surface area contributed by atoms with Crippen molar-refractivity contribution in [2.75, 3.05) is 0 Å². The van der Waals surface area contributed by atoms with Crippen LogP contribution in [-0.2, 0) is 5.75 Å².